The first-order chi connectivity index (χ1) is 1.00. The van der Waals surface area contributed by atoms with Crippen molar-refractivity contribution >= 4 is 24.2 Å². The molecular weight excluding hydrogens is 61.9 g/mol. The molecule has 0 N–H and O–H groups in total. The molecule has 0 aliphatic carbocycles. The Labute approximate surface area is 54.0 Å². The summed E-state index contributed by atoms with van der Waals surface area (Å²) in [6.45, 7) is 2.00. The summed E-state index contributed by atoms with van der Waals surface area (Å²) in [5.74, 6) is 0. The average Bonchev–Trinajstić information content (AvgIpc) is 1.00. The van der Waals surface area contributed by atoms with Crippen molar-refractivity contribution in [2.45, 2.75) is 0 Å². The van der Waals surface area contributed by atoms with Gasteiger partial charge in [0.1, 0.15) is 6.79 Å². The monoisotopic (exact) mass is 68.0 g/mol. The van der Waals surface area contributed by atoms with E-state index in [-0.39, 0.29) is 41.9 Å². The zero-order chi connectivity index (χ0) is 2.00. The maximum Gasteiger partial charge on any atom is 3.00 e. The molecule has 0 unspecified atom stereocenters. The Bertz CT molecular complexity index is 16.0. The topological polar surface area (TPSA) is 17.1 Å². The standard InChI is InChI=1S/CH2O.Al.Li.4H/c1-2;;;;;;/h1H2;;;;;;/q;+3;+1;4*-1. The number of rotatable bonds is 0. The van der Waals surface area contributed by atoms with Crippen LogP contribution in [0.25, 0.3) is 0 Å². The Morgan fingerprint density at radius 2 is 1.50 bits per heavy atom. The Hall–Kier alpha value is 0.800. The van der Waals surface area contributed by atoms with Gasteiger partial charge in [-0.1, -0.05) is 0 Å². The predicted octanol–water partition coefficient (Wildman–Crippen LogP) is -3.11. The van der Waals surface area contributed by atoms with Crippen LogP contribution in [0.15, 0.2) is 0 Å². The first kappa shape index (κ1) is 21.4. The van der Waals surface area contributed by atoms with E-state index in [1.54, 1.807) is 0 Å². The quantitative estimate of drug-likeness (QED) is 0.275. The molecule has 0 aromatic carbocycles. The van der Waals surface area contributed by atoms with Gasteiger partial charge in [-0.05, 0) is 0 Å². The first-order valence-corrected chi connectivity index (χ1v) is 0.289. The summed E-state index contributed by atoms with van der Waals surface area (Å²) in [7, 11) is 0. The molecule has 0 fully saturated rings. The van der Waals surface area contributed by atoms with Crippen LogP contribution in [0.1, 0.15) is 5.71 Å². The van der Waals surface area contributed by atoms with E-state index in [1.807, 2.05) is 6.79 Å². The van der Waals surface area contributed by atoms with E-state index in [0.29, 0.717) is 0 Å². The summed E-state index contributed by atoms with van der Waals surface area (Å²) >= 11 is 0. The van der Waals surface area contributed by atoms with E-state index < -0.39 is 0 Å². The number of carbonyl (C=O) groups excluding carboxylic acids is 1. The molecule has 0 amide bonds. The molecule has 0 atom stereocenters. The fraction of sp³-hybridized carbons (Fsp3) is 0. The second kappa shape index (κ2) is 46.6. The SMILES string of the molecule is C=O.[Al+3].[H-].[H-].[H-].[H-].[Li+]. The zero-order valence-electron chi connectivity index (χ0n) is 6.69. The normalized spacial score (nSPS) is 1.00. The smallest absolute Gasteiger partial charge is 1.00 e. The van der Waals surface area contributed by atoms with E-state index in [9.17, 15) is 0 Å². The van der Waals surface area contributed by atoms with Crippen molar-refractivity contribution in [3.8, 4) is 0 Å². The molecule has 0 aromatic rings. The van der Waals surface area contributed by atoms with Gasteiger partial charge in [0.05, 0.1) is 0 Å². The van der Waals surface area contributed by atoms with E-state index in [0.717, 1.165) is 0 Å². The van der Waals surface area contributed by atoms with Crippen LogP contribution in [0.4, 0.5) is 0 Å². The molecule has 0 radical (unpaired) electrons. The number of carbonyl (C=O) groups is 1. The van der Waals surface area contributed by atoms with Gasteiger partial charge >= 0.3 is 36.2 Å². The van der Waals surface area contributed by atoms with Gasteiger partial charge in [-0.2, -0.15) is 0 Å². The van der Waals surface area contributed by atoms with Crippen LogP contribution in [0.5, 0.6) is 0 Å². The van der Waals surface area contributed by atoms with Crippen LogP contribution in [-0.2, 0) is 4.79 Å². The molecule has 0 spiro atoms. The first-order valence-electron chi connectivity index (χ1n) is 0.289. The fourth-order valence-electron chi connectivity index (χ4n) is 0. The summed E-state index contributed by atoms with van der Waals surface area (Å²) < 4.78 is 0. The largest absolute Gasteiger partial charge is 3.00 e. The minimum atomic E-state index is 0. The molecule has 0 aliphatic heterocycles. The molecule has 0 aliphatic rings. The van der Waals surface area contributed by atoms with Crippen molar-refractivity contribution in [2.24, 2.45) is 0 Å². The third-order valence-electron chi connectivity index (χ3n) is 0. The van der Waals surface area contributed by atoms with Gasteiger partial charge in [0, 0.05) is 0 Å². The Balaban J connectivity index is -0.000000000333. The molecule has 0 heterocycles. The minimum Gasteiger partial charge on any atom is -1.00 e. The number of hydrogen-bond donors (Lipinski definition) is 0. The minimum absolute atomic E-state index is 0. The molecular formula is CH6AlLiO. The molecule has 0 saturated carbocycles. The second-order valence-corrected chi connectivity index (χ2v) is 0. The van der Waals surface area contributed by atoms with Crippen LogP contribution in [0, 0.1) is 0 Å². The van der Waals surface area contributed by atoms with Crippen LogP contribution >= 0.6 is 0 Å². The molecule has 0 saturated heterocycles. The van der Waals surface area contributed by atoms with Crippen molar-refractivity contribution in [3.63, 3.8) is 0 Å². The van der Waals surface area contributed by atoms with Gasteiger partial charge < -0.3 is 10.5 Å². The Morgan fingerprint density at radius 3 is 1.50 bits per heavy atom. The van der Waals surface area contributed by atoms with Crippen LogP contribution in [0.3, 0.4) is 0 Å². The van der Waals surface area contributed by atoms with Gasteiger partial charge in [-0.3, -0.25) is 0 Å². The maximum absolute atomic E-state index is 8.00. The zero-order valence-corrected chi connectivity index (χ0v) is 3.85. The van der Waals surface area contributed by atoms with Gasteiger partial charge in [-0.15, -0.1) is 0 Å². The molecule has 4 heavy (non-hydrogen) atoms. The van der Waals surface area contributed by atoms with E-state index in [1.165, 1.54) is 0 Å². The van der Waals surface area contributed by atoms with Crippen molar-refractivity contribution in [1.82, 2.24) is 0 Å². The van der Waals surface area contributed by atoms with Crippen LogP contribution in [0.2, 0.25) is 0 Å². The van der Waals surface area contributed by atoms with E-state index in [4.69, 9.17) is 4.79 Å². The van der Waals surface area contributed by atoms with Gasteiger partial charge in [0.2, 0.25) is 0 Å². The molecule has 0 rings (SSSR count). The van der Waals surface area contributed by atoms with Crippen molar-refractivity contribution in [1.29, 1.82) is 0 Å². The van der Waals surface area contributed by atoms with Gasteiger partial charge in [0.25, 0.3) is 0 Å². The number of hydrogen-bond acceptors (Lipinski definition) is 1. The molecule has 0 aromatic heterocycles. The summed E-state index contributed by atoms with van der Waals surface area (Å²) in [5.41, 5.74) is 0. The summed E-state index contributed by atoms with van der Waals surface area (Å²) in [6, 6.07) is 0. The predicted molar refractivity (Wildman–Crippen MR) is 17.3 cm³/mol. The molecule has 3 heteroatoms. The summed E-state index contributed by atoms with van der Waals surface area (Å²) in [4.78, 5) is 8.00. The summed E-state index contributed by atoms with van der Waals surface area (Å²) in [6.07, 6.45) is 0. The maximum atomic E-state index is 8.00. The van der Waals surface area contributed by atoms with Crippen molar-refractivity contribution in [3.05, 3.63) is 0 Å². The molecule has 1 nitrogen and oxygen atoms in total. The Kier molecular flexibility index (Phi) is 249. The van der Waals surface area contributed by atoms with Crippen LogP contribution in [-0.4, -0.2) is 24.2 Å². The van der Waals surface area contributed by atoms with Crippen LogP contribution < -0.4 is 18.9 Å². The molecule has 0 bridgehead atoms. The molecule has 20 valence electrons. The fourth-order valence-corrected chi connectivity index (χ4v) is 0. The van der Waals surface area contributed by atoms with Crippen molar-refractivity contribution in [2.75, 3.05) is 0 Å². The van der Waals surface area contributed by atoms with E-state index in [2.05, 4.69) is 0 Å². The van der Waals surface area contributed by atoms with Crippen molar-refractivity contribution < 1.29 is 29.4 Å². The van der Waals surface area contributed by atoms with Gasteiger partial charge in [-0.25, -0.2) is 0 Å². The Morgan fingerprint density at radius 1 is 1.50 bits per heavy atom. The summed E-state index contributed by atoms with van der Waals surface area (Å²) in [5, 5.41) is 0. The van der Waals surface area contributed by atoms with E-state index >= 15 is 0 Å². The third kappa shape index (κ3) is 14.2. The second-order valence-electron chi connectivity index (χ2n) is 0. The third-order valence-corrected chi connectivity index (χ3v) is 0. The average molecular weight is 68.0 g/mol. The van der Waals surface area contributed by atoms with Gasteiger partial charge in [0.15, 0.2) is 0 Å².